The van der Waals surface area contributed by atoms with Crippen LogP contribution in [0.2, 0.25) is 19.1 Å². The van der Waals surface area contributed by atoms with E-state index in [2.05, 4.69) is 18.4 Å². The quantitative estimate of drug-likeness (QED) is 0.608. The second-order valence-corrected chi connectivity index (χ2v) is 8.83. The maximum absolute atomic E-state index is 5.94. The molecule has 1 saturated heterocycles. The molecule has 0 radical (unpaired) electrons. The summed E-state index contributed by atoms with van der Waals surface area (Å²) in [5.41, 5.74) is 0. The fourth-order valence-electron chi connectivity index (χ4n) is 1.75. The first-order chi connectivity index (χ1) is 6.21. The zero-order chi connectivity index (χ0) is 9.57. The summed E-state index contributed by atoms with van der Waals surface area (Å²) in [5.74, 6) is 0. The molecule has 1 heterocycles. The van der Waals surface area contributed by atoms with Crippen LogP contribution < -0.4 is 5.32 Å². The molecule has 0 aliphatic carbocycles. The Morgan fingerprint density at radius 3 is 2.62 bits per heavy atom. The molecule has 0 unspecified atom stereocenters. The van der Waals surface area contributed by atoms with Gasteiger partial charge in [-0.3, -0.25) is 0 Å². The second kappa shape index (κ2) is 5.78. The van der Waals surface area contributed by atoms with Gasteiger partial charge in [-0.25, -0.2) is 0 Å². The van der Waals surface area contributed by atoms with Gasteiger partial charge in [0.2, 0.25) is 0 Å². The van der Waals surface area contributed by atoms with E-state index in [4.69, 9.17) is 4.43 Å². The van der Waals surface area contributed by atoms with Crippen molar-refractivity contribution in [3.8, 4) is 0 Å². The van der Waals surface area contributed by atoms with E-state index in [0.29, 0.717) is 0 Å². The minimum Gasteiger partial charge on any atom is -0.416 e. The van der Waals surface area contributed by atoms with Gasteiger partial charge in [0, 0.05) is 13.2 Å². The van der Waals surface area contributed by atoms with Crippen molar-refractivity contribution in [2.24, 2.45) is 0 Å². The normalized spacial score (nSPS) is 26.3. The topological polar surface area (TPSA) is 21.3 Å². The zero-order valence-electron chi connectivity index (χ0n) is 9.07. The molecular weight excluding hydrogens is 178 g/mol. The van der Waals surface area contributed by atoms with Gasteiger partial charge in [-0.05, 0) is 32.1 Å². The summed E-state index contributed by atoms with van der Waals surface area (Å²) in [7, 11) is -1.29. The van der Waals surface area contributed by atoms with E-state index in [0.717, 1.165) is 13.2 Å². The van der Waals surface area contributed by atoms with Gasteiger partial charge in [0.15, 0.2) is 8.32 Å². The van der Waals surface area contributed by atoms with Crippen molar-refractivity contribution in [2.45, 2.75) is 44.8 Å². The summed E-state index contributed by atoms with van der Waals surface area (Å²) in [6.07, 6.45) is 5.49. The Bertz CT molecular complexity index is 125. The highest BCUT2D eigenvalue weighted by Crippen LogP contribution is 2.16. The summed E-state index contributed by atoms with van der Waals surface area (Å²) < 4.78 is 5.94. The van der Waals surface area contributed by atoms with Crippen LogP contribution in [0.5, 0.6) is 0 Å². The van der Waals surface area contributed by atoms with Gasteiger partial charge in [0.05, 0.1) is 0 Å². The van der Waals surface area contributed by atoms with Crippen LogP contribution in [0.3, 0.4) is 0 Å². The van der Waals surface area contributed by atoms with E-state index in [-0.39, 0.29) is 0 Å². The average molecular weight is 201 g/mol. The molecule has 0 aromatic rings. The molecule has 0 saturated carbocycles. The summed E-state index contributed by atoms with van der Waals surface area (Å²) in [5, 5.41) is 3.42. The van der Waals surface area contributed by atoms with Crippen molar-refractivity contribution in [3.05, 3.63) is 0 Å². The minimum absolute atomic E-state index is 0.916. The lowest BCUT2D eigenvalue weighted by Crippen LogP contribution is -2.33. The van der Waals surface area contributed by atoms with Crippen LogP contribution in [-0.2, 0) is 4.43 Å². The Labute approximate surface area is 83.2 Å². The van der Waals surface area contributed by atoms with Crippen molar-refractivity contribution in [3.63, 3.8) is 0 Å². The smallest absolute Gasteiger partial charge is 0.186 e. The number of hydrogen-bond donors (Lipinski definition) is 1. The summed E-state index contributed by atoms with van der Waals surface area (Å²) in [6, 6.07) is 1.34. The second-order valence-electron chi connectivity index (χ2n) is 4.52. The van der Waals surface area contributed by atoms with Gasteiger partial charge < -0.3 is 9.74 Å². The number of nitrogens with one attached hydrogen (secondary N) is 1. The van der Waals surface area contributed by atoms with Crippen LogP contribution in [0.1, 0.15) is 25.7 Å². The molecule has 1 fully saturated rings. The van der Waals surface area contributed by atoms with E-state index >= 15 is 0 Å². The van der Waals surface area contributed by atoms with Gasteiger partial charge in [-0.15, -0.1) is 0 Å². The Balaban J connectivity index is 2.27. The molecule has 0 bridgehead atoms. The highest BCUT2D eigenvalue weighted by atomic mass is 28.4. The summed E-state index contributed by atoms with van der Waals surface area (Å²) >= 11 is 0. The zero-order valence-corrected chi connectivity index (χ0v) is 10.1. The Hall–Kier alpha value is 0.137. The first-order valence-corrected chi connectivity index (χ1v) is 8.67. The minimum atomic E-state index is -1.29. The van der Waals surface area contributed by atoms with Crippen LogP contribution >= 0.6 is 0 Å². The van der Waals surface area contributed by atoms with Gasteiger partial charge in [-0.1, -0.05) is 19.3 Å². The third-order valence-electron chi connectivity index (χ3n) is 2.65. The predicted molar refractivity (Wildman–Crippen MR) is 59.6 cm³/mol. The van der Waals surface area contributed by atoms with E-state index < -0.39 is 8.32 Å². The van der Waals surface area contributed by atoms with Crippen molar-refractivity contribution in [1.82, 2.24) is 5.32 Å². The van der Waals surface area contributed by atoms with Gasteiger partial charge in [0.25, 0.3) is 0 Å². The van der Waals surface area contributed by atoms with Crippen molar-refractivity contribution in [2.75, 3.05) is 19.7 Å². The highest BCUT2D eigenvalue weighted by molar-refractivity contribution is 6.71. The van der Waals surface area contributed by atoms with Crippen molar-refractivity contribution < 1.29 is 4.43 Å². The molecule has 0 atom stereocenters. The van der Waals surface area contributed by atoms with Crippen LogP contribution in [-0.4, -0.2) is 28.0 Å². The molecule has 1 N–H and O–H groups in total. The first kappa shape index (κ1) is 11.2. The molecule has 0 aromatic carbocycles. The van der Waals surface area contributed by atoms with Crippen LogP contribution in [0.15, 0.2) is 0 Å². The molecule has 13 heavy (non-hydrogen) atoms. The fraction of sp³-hybridized carbons (Fsp3) is 1.00. The molecule has 1 aliphatic rings. The lowest BCUT2D eigenvalue weighted by atomic mass is 10.2. The molecular formula is C10H23NOSi. The van der Waals surface area contributed by atoms with Gasteiger partial charge >= 0.3 is 0 Å². The molecule has 0 amide bonds. The molecule has 0 spiro atoms. The molecule has 2 nitrogen and oxygen atoms in total. The van der Waals surface area contributed by atoms with E-state index in [1.807, 2.05) is 0 Å². The van der Waals surface area contributed by atoms with Gasteiger partial charge in [-0.2, -0.15) is 0 Å². The molecule has 1 rings (SSSR count). The Morgan fingerprint density at radius 1 is 1.00 bits per heavy atom. The Morgan fingerprint density at radius 2 is 1.77 bits per heavy atom. The third-order valence-corrected chi connectivity index (χ3v) is 5.20. The molecule has 3 heteroatoms. The summed E-state index contributed by atoms with van der Waals surface area (Å²) in [4.78, 5) is 0. The standard InChI is InChI=1S/C10H23NOSi/c1-13(2)10-6-4-3-5-7-11-8-9-12-13/h11H,3-10H2,1-2H3. The SMILES string of the molecule is C[Si]1(C)CCCCCCNCCO1. The monoisotopic (exact) mass is 201 g/mol. The van der Waals surface area contributed by atoms with Crippen molar-refractivity contribution >= 4 is 8.32 Å². The maximum atomic E-state index is 5.94. The number of hydrogen-bond acceptors (Lipinski definition) is 2. The van der Waals surface area contributed by atoms with Crippen LogP contribution in [0.25, 0.3) is 0 Å². The first-order valence-electron chi connectivity index (χ1n) is 5.55. The van der Waals surface area contributed by atoms with E-state index in [9.17, 15) is 0 Å². The average Bonchev–Trinajstić information content (AvgIpc) is 2.10. The number of rotatable bonds is 0. The molecule has 0 aromatic heterocycles. The highest BCUT2D eigenvalue weighted by Gasteiger charge is 2.21. The lowest BCUT2D eigenvalue weighted by molar-refractivity contribution is 0.304. The van der Waals surface area contributed by atoms with E-state index in [1.54, 1.807) is 0 Å². The van der Waals surface area contributed by atoms with Crippen LogP contribution in [0.4, 0.5) is 0 Å². The molecule has 1 aliphatic heterocycles. The van der Waals surface area contributed by atoms with Crippen molar-refractivity contribution in [1.29, 1.82) is 0 Å². The van der Waals surface area contributed by atoms with E-state index in [1.165, 1.54) is 38.3 Å². The third kappa shape index (κ3) is 5.44. The largest absolute Gasteiger partial charge is 0.416 e. The Kier molecular flexibility index (Phi) is 4.99. The lowest BCUT2D eigenvalue weighted by Gasteiger charge is -2.22. The van der Waals surface area contributed by atoms with Gasteiger partial charge in [0.1, 0.15) is 0 Å². The fourth-order valence-corrected chi connectivity index (χ4v) is 3.65. The molecule has 78 valence electrons. The summed E-state index contributed by atoms with van der Waals surface area (Å²) in [6.45, 7) is 7.80. The maximum Gasteiger partial charge on any atom is 0.186 e. The van der Waals surface area contributed by atoms with Crippen LogP contribution in [0, 0.1) is 0 Å². The predicted octanol–water partition coefficient (Wildman–Crippen LogP) is 2.37.